The van der Waals surface area contributed by atoms with Gasteiger partial charge in [-0.1, -0.05) is 13.3 Å². The van der Waals surface area contributed by atoms with Gasteiger partial charge < -0.3 is 15.2 Å². The van der Waals surface area contributed by atoms with Crippen molar-refractivity contribution in [3.8, 4) is 0 Å². The Kier molecular flexibility index (Phi) is 6.75. The molecular weight excluding hydrogens is 252 g/mol. The molecule has 2 heterocycles. The summed E-state index contributed by atoms with van der Waals surface area (Å²) in [7, 11) is 0. The van der Waals surface area contributed by atoms with Crippen LogP contribution in [0.3, 0.4) is 0 Å². The van der Waals surface area contributed by atoms with Crippen molar-refractivity contribution in [1.82, 2.24) is 10.2 Å². The fourth-order valence-electron chi connectivity index (χ4n) is 3.80. The van der Waals surface area contributed by atoms with Crippen molar-refractivity contribution < 1.29 is 9.84 Å². The van der Waals surface area contributed by atoms with Crippen LogP contribution < -0.4 is 5.32 Å². The minimum Gasteiger partial charge on any atom is -0.396 e. The van der Waals surface area contributed by atoms with Crippen LogP contribution in [-0.2, 0) is 4.74 Å². The summed E-state index contributed by atoms with van der Waals surface area (Å²) in [5.41, 5.74) is 0.277. The summed E-state index contributed by atoms with van der Waals surface area (Å²) >= 11 is 0. The Balaban J connectivity index is 1.97. The highest BCUT2D eigenvalue weighted by atomic mass is 16.5. The molecule has 0 aromatic rings. The second-order valence-electron chi connectivity index (χ2n) is 6.57. The highest BCUT2D eigenvalue weighted by Crippen LogP contribution is 2.32. The van der Waals surface area contributed by atoms with Gasteiger partial charge in [-0.2, -0.15) is 0 Å². The zero-order valence-corrected chi connectivity index (χ0v) is 13.1. The van der Waals surface area contributed by atoms with E-state index in [9.17, 15) is 5.11 Å². The molecule has 0 radical (unpaired) electrons. The first-order valence-electron chi connectivity index (χ1n) is 8.43. The predicted octanol–water partition coefficient (Wildman–Crippen LogP) is 1.63. The summed E-state index contributed by atoms with van der Waals surface area (Å²) in [6.07, 6.45) is 7.25. The molecule has 118 valence electrons. The first-order chi connectivity index (χ1) is 9.79. The standard InChI is InChI=1S/C16H32N2O2/c1-2-17-12-16(8-5-11-20-14-16)13-18-9-4-3-6-15(18)7-10-19/h15,17,19H,2-14H2,1H3. The zero-order chi connectivity index (χ0) is 14.3. The van der Waals surface area contributed by atoms with Crippen molar-refractivity contribution >= 4 is 0 Å². The molecule has 2 fully saturated rings. The van der Waals surface area contributed by atoms with Gasteiger partial charge in [0.05, 0.1) is 6.61 Å². The van der Waals surface area contributed by atoms with E-state index in [1.165, 1.54) is 38.6 Å². The molecule has 2 aliphatic rings. The molecule has 2 saturated heterocycles. The lowest BCUT2D eigenvalue weighted by atomic mass is 9.80. The lowest BCUT2D eigenvalue weighted by molar-refractivity contribution is -0.0392. The highest BCUT2D eigenvalue weighted by Gasteiger charge is 2.36. The maximum atomic E-state index is 9.28. The maximum Gasteiger partial charge on any atom is 0.0546 e. The van der Waals surface area contributed by atoms with Gasteiger partial charge in [-0.05, 0) is 45.2 Å². The van der Waals surface area contributed by atoms with Crippen LogP contribution in [-0.4, -0.2) is 62.0 Å². The summed E-state index contributed by atoms with van der Waals surface area (Å²) in [6.45, 7) is 8.72. The minimum atomic E-state index is 0.277. The second kappa shape index (κ2) is 8.32. The summed E-state index contributed by atoms with van der Waals surface area (Å²) < 4.78 is 5.80. The van der Waals surface area contributed by atoms with Crippen LogP contribution in [0.5, 0.6) is 0 Å². The normalized spacial score (nSPS) is 32.4. The number of hydrogen-bond donors (Lipinski definition) is 2. The molecule has 2 unspecified atom stereocenters. The molecule has 4 heteroatoms. The summed E-state index contributed by atoms with van der Waals surface area (Å²) in [5, 5.41) is 12.8. The average molecular weight is 284 g/mol. The molecule has 0 amide bonds. The van der Waals surface area contributed by atoms with E-state index < -0.39 is 0 Å². The van der Waals surface area contributed by atoms with E-state index in [2.05, 4.69) is 17.1 Å². The van der Waals surface area contributed by atoms with Crippen molar-refractivity contribution in [2.75, 3.05) is 46.0 Å². The number of ether oxygens (including phenoxy) is 1. The molecule has 0 spiro atoms. The molecule has 0 aliphatic carbocycles. The predicted molar refractivity (Wildman–Crippen MR) is 81.9 cm³/mol. The van der Waals surface area contributed by atoms with Crippen LogP contribution in [0.25, 0.3) is 0 Å². The van der Waals surface area contributed by atoms with E-state index in [-0.39, 0.29) is 5.41 Å². The minimum absolute atomic E-state index is 0.277. The largest absolute Gasteiger partial charge is 0.396 e. The monoisotopic (exact) mass is 284 g/mol. The number of aliphatic hydroxyl groups excluding tert-OH is 1. The number of nitrogens with one attached hydrogen (secondary N) is 1. The molecule has 20 heavy (non-hydrogen) atoms. The Hall–Kier alpha value is -0.160. The smallest absolute Gasteiger partial charge is 0.0546 e. The van der Waals surface area contributed by atoms with E-state index in [1.54, 1.807) is 0 Å². The van der Waals surface area contributed by atoms with Crippen molar-refractivity contribution in [1.29, 1.82) is 0 Å². The molecule has 4 nitrogen and oxygen atoms in total. The Morgan fingerprint density at radius 2 is 2.25 bits per heavy atom. The molecule has 2 N–H and O–H groups in total. The highest BCUT2D eigenvalue weighted by molar-refractivity contribution is 4.90. The van der Waals surface area contributed by atoms with Crippen LogP contribution >= 0.6 is 0 Å². The van der Waals surface area contributed by atoms with Crippen molar-refractivity contribution in [2.24, 2.45) is 5.41 Å². The molecule has 0 saturated carbocycles. The van der Waals surface area contributed by atoms with Crippen LogP contribution in [0.1, 0.15) is 45.4 Å². The van der Waals surface area contributed by atoms with Crippen LogP contribution in [0.15, 0.2) is 0 Å². The summed E-state index contributed by atoms with van der Waals surface area (Å²) in [6, 6.07) is 0.578. The zero-order valence-electron chi connectivity index (χ0n) is 13.1. The Morgan fingerprint density at radius 1 is 1.35 bits per heavy atom. The molecule has 0 aromatic heterocycles. The Morgan fingerprint density at radius 3 is 2.95 bits per heavy atom. The Bertz CT molecular complexity index is 265. The lowest BCUT2D eigenvalue weighted by Gasteiger charge is -2.45. The van der Waals surface area contributed by atoms with Gasteiger partial charge in [0.25, 0.3) is 0 Å². The summed E-state index contributed by atoms with van der Waals surface area (Å²) in [5.74, 6) is 0. The van der Waals surface area contributed by atoms with Gasteiger partial charge in [0, 0.05) is 37.8 Å². The van der Waals surface area contributed by atoms with E-state index in [0.717, 1.165) is 39.3 Å². The average Bonchev–Trinajstić information content (AvgIpc) is 2.49. The molecule has 0 bridgehead atoms. The number of hydrogen-bond acceptors (Lipinski definition) is 4. The third kappa shape index (κ3) is 4.42. The number of likely N-dealkylation sites (tertiary alicyclic amines) is 1. The van der Waals surface area contributed by atoms with Gasteiger partial charge in [-0.3, -0.25) is 4.90 Å². The molecule has 2 rings (SSSR count). The summed E-state index contributed by atoms with van der Waals surface area (Å²) in [4.78, 5) is 2.63. The lowest BCUT2D eigenvalue weighted by Crippen LogP contribution is -2.52. The van der Waals surface area contributed by atoms with E-state index in [0.29, 0.717) is 12.6 Å². The quantitative estimate of drug-likeness (QED) is 0.746. The molecule has 0 aromatic carbocycles. The van der Waals surface area contributed by atoms with Gasteiger partial charge in [-0.15, -0.1) is 0 Å². The van der Waals surface area contributed by atoms with E-state index >= 15 is 0 Å². The first-order valence-corrected chi connectivity index (χ1v) is 8.43. The van der Waals surface area contributed by atoms with Crippen molar-refractivity contribution in [2.45, 2.75) is 51.5 Å². The van der Waals surface area contributed by atoms with Crippen molar-refractivity contribution in [3.63, 3.8) is 0 Å². The van der Waals surface area contributed by atoms with Gasteiger partial charge in [0.15, 0.2) is 0 Å². The van der Waals surface area contributed by atoms with E-state index in [1.807, 2.05) is 0 Å². The van der Waals surface area contributed by atoms with E-state index in [4.69, 9.17) is 4.74 Å². The maximum absolute atomic E-state index is 9.28. The first kappa shape index (κ1) is 16.2. The Labute approximate surface area is 123 Å². The second-order valence-corrected chi connectivity index (χ2v) is 6.57. The van der Waals surface area contributed by atoms with Crippen LogP contribution in [0.2, 0.25) is 0 Å². The third-order valence-corrected chi connectivity index (χ3v) is 4.90. The van der Waals surface area contributed by atoms with Crippen molar-refractivity contribution in [3.05, 3.63) is 0 Å². The number of aliphatic hydroxyl groups is 1. The fourth-order valence-corrected chi connectivity index (χ4v) is 3.80. The van der Waals surface area contributed by atoms with Gasteiger partial charge in [0.2, 0.25) is 0 Å². The van der Waals surface area contributed by atoms with Gasteiger partial charge >= 0.3 is 0 Å². The van der Waals surface area contributed by atoms with Crippen LogP contribution in [0, 0.1) is 5.41 Å². The topological polar surface area (TPSA) is 44.7 Å². The van der Waals surface area contributed by atoms with Crippen LogP contribution in [0.4, 0.5) is 0 Å². The SMILES string of the molecule is CCNCC1(CN2CCCCC2CCO)CCCOC1. The third-order valence-electron chi connectivity index (χ3n) is 4.90. The number of nitrogens with zero attached hydrogens (tertiary/aromatic N) is 1. The number of piperidine rings is 1. The fraction of sp³-hybridized carbons (Fsp3) is 1.00. The molecule has 2 aliphatic heterocycles. The number of rotatable bonds is 7. The van der Waals surface area contributed by atoms with Gasteiger partial charge in [-0.25, -0.2) is 0 Å². The molecular formula is C16H32N2O2. The molecule has 2 atom stereocenters. The van der Waals surface area contributed by atoms with Gasteiger partial charge in [0.1, 0.15) is 0 Å².